The largest absolute Gasteiger partial charge is 0.465 e. The van der Waals surface area contributed by atoms with Gasteiger partial charge in [-0.1, -0.05) is 17.7 Å². The molecule has 1 amide bonds. The Labute approximate surface area is 118 Å². The second-order valence-electron chi connectivity index (χ2n) is 5.01. The minimum Gasteiger partial charge on any atom is -0.465 e. The minimum absolute atomic E-state index is 0.0710. The Morgan fingerprint density at radius 3 is 2.45 bits per heavy atom. The molecule has 0 radical (unpaired) electrons. The lowest BCUT2D eigenvalue weighted by Crippen LogP contribution is -2.33. The zero-order valence-electron chi connectivity index (χ0n) is 11.3. The molecule has 1 saturated heterocycles. The highest BCUT2D eigenvalue weighted by Crippen LogP contribution is 2.24. The summed E-state index contributed by atoms with van der Waals surface area (Å²) in [4.78, 5) is 12.2. The van der Waals surface area contributed by atoms with Gasteiger partial charge in [-0.15, -0.1) is 0 Å². The van der Waals surface area contributed by atoms with Crippen LogP contribution in [0, 0.1) is 6.92 Å². The molecule has 0 unspecified atom stereocenters. The second-order valence-corrected chi connectivity index (χ2v) is 6.58. The van der Waals surface area contributed by atoms with Gasteiger partial charge in [0.05, 0.1) is 17.5 Å². The molecule has 1 aliphatic heterocycles. The fourth-order valence-electron chi connectivity index (χ4n) is 2.26. The summed E-state index contributed by atoms with van der Waals surface area (Å²) in [6.45, 7) is 3.66. The Hall–Kier alpha value is -1.60. The van der Waals surface area contributed by atoms with Crippen LogP contribution in [0.2, 0.25) is 0 Å². The Bertz CT molecular complexity index is 596. The van der Waals surface area contributed by atoms with E-state index in [9.17, 15) is 13.2 Å². The van der Waals surface area contributed by atoms with E-state index in [1.165, 1.54) is 17.0 Å². The highest BCUT2D eigenvalue weighted by Gasteiger charge is 2.36. The second kappa shape index (κ2) is 5.41. The summed E-state index contributed by atoms with van der Waals surface area (Å²) in [5, 5.41) is 8.97. The van der Waals surface area contributed by atoms with Gasteiger partial charge in [-0.05, 0) is 32.4 Å². The number of hydrogen-bond acceptors (Lipinski definition) is 4. The van der Waals surface area contributed by atoms with E-state index in [1.54, 1.807) is 19.1 Å². The van der Waals surface area contributed by atoms with E-state index in [2.05, 4.69) is 0 Å². The molecule has 1 aromatic carbocycles. The summed E-state index contributed by atoms with van der Waals surface area (Å²) in [6, 6.07) is 6.11. The van der Waals surface area contributed by atoms with E-state index in [0.717, 1.165) is 5.56 Å². The summed E-state index contributed by atoms with van der Waals surface area (Å²) < 4.78 is 29.3. The SMILES string of the molecule is Cc1ccc(S(=O)(=O)O[C@H]2C[C@@H](C)N(C(=O)O)C2)cc1. The van der Waals surface area contributed by atoms with Gasteiger partial charge in [0.15, 0.2) is 0 Å². The fourth-order valence-corrected chi connectivity index (χ4v) is 3.34. The van der Waals surface area contributed by atoms with Gasteiger partial charge in [0.25, 0.3) is 10.1 Å². The molecule has 1 N–H and O–H groups in total. The molecule has 6 nitrogen and oxygen atoms in total. The summed E-state index contributed by atoms with van der Waals surface area (Å²) in [5.74, 6) is 0. The molecule has 1 fully saturated rings. The molecule has 2 rings (SSSR count). The van der Waals surface area contributed by atoms with Gasteiger partial charge in [-0.2, -0.15) is 8.42 Å². The third kappa shape index (κ3) is 3.10. The van der Waals surface area contributed by atoms with Crippen LogP contribution in [0.3, 0.4) is 0 Å². The number of amides is 1. The highest BCUT2D eigenvalue weighted by atomic mass is 32.2. The van der Waals surface area contributed by atoms with E-state index >= 15 is 0 Å². The number of likely N-dealkylation sites (tertiary alicyclic amines) is 1. The smallest absolute Gasteiger partial charge is 0.407 e. The van der Waals surface area contributed by atoms with E-state index in [0.29, 0.717) is 6.42 Å². The first-order valence-electron chi connectivity index (χ1n) is 6.29. The average Bonchev–Trinajstić information content (AvgIpc) is 2.70. The summed E-state index contributed by atoms with van der Waals surface area (Å²) in [5.41, 5.74) is 0.954. The summed E-state index contributed by atoms with van der Waals surface area (Å²) in [7, 11) is -3.85. The maximum atomic E-state index is 12.1. The Kier molecular flexibility index (Phi) is 4.01. The van der Waals surface area contributed by atoms with Gasteiger partial charge in [0.2, 0.25) is 0 Å². The van der Waals surface area contributed by atoms with Gasteiger partial charge < -0.3 is 10.0 Å². The molecule has 0 aliphatic carbocycles. The number of nitrogens with zero attached hydrogens (tertiary/aromatic N) is 1. The first-order valence-corrected chi connectivity index (χ1v) is 7.70. The van der Waals surface area contributed by atoms with Gasteiger partial charge in [-0.25, -0.2) is 4.79 Å². The van der Waals surface area contributed by atoms with Crippen LogP contribution in [0.1, 0.15) is 18.9 Å². The van der Waals surface area contributed by atoms with Crippen LogP contribution in [0.5, 0.6) is 0 Å². The minimum atomic E-state index is -3.85. The van der Waals surface area contributed by atoms with Crippen LogP contribution >= 0.6 is 0 Å². The first-order chi connectivity index (χ1) is 9.29. The van der Waals surface area contributed by atoms with Crippen molar-refractivity contribution in [3.05, 3.63) is 29.8 Å². The van der Waals surface area contributed by atoms with Crippen molar-refractivity contribution in [2.45, 2.75) is 37.3 Å². The van der Waals surface area contributed by atoms with Crippen molar-refractivity contribution in [1.82, 2.24) is 4.90 Å². The summed E-state index contributed by atoms with van der Waals surface area (Å²) in [6.07, 6.45) is -1.32. The monoisotopic (exact) mass is 299 g/mol. The van der Waals surface area contributed by atoms with Crippen molar-refractivity contribution in [2.24, 2.45) is 0 Å². The zero-order chi connectivity index (χ0) is 14.9. The molecule has 2 atom stereocenters. The topological polar surface area (TPSA) is 83.9 Å². The Morgan fingerprint density at radius 2 is 1.95 bits per heavy atom. The maximum absolute atomic E-state index is 12.1. The molecule has 1 aliphatic rings. The molecule has 110 valence electrons. The maximum Gasteiger partial charge on any atom is 0.407 e. The molecule has 20 heavy (non-hydrogen) atoms. The van der Waals surface area contributed by atoms with Crippen molar-refractivity contribution >= 4 is 16.2 Å². The lowest BCUT2D eigenvalue weighted by Gasteiger charge is -2.16. The molecule has 0 bridgehead atoms. The third-order valence-electron chi connectivity index (χ3n) is 3.35. The fraction of sp³-hybridized carbons (Fsp3) is 0.462. The van der Waals surface area contributed by atoms with E-state index < -0.39 is 22.3 Å². The third-order valence-corrected chi connectivity index (χ3v) is 4.73. The van der Waals surface area contributed by atoms with Crippen LogP contribution in [-0.2, 0) is 14.3 Å². The van der Waals surface area contributed by atoms with Crippen LogP contribution in [0.4, 0.5) is 4.79 Å². The van der Waals surface area contributed by atoms with Crippen molar-refractivity contribution < 1.29 is 22.5 Å². The molecule has 7 heteroatoms. The number of aryl methyl sites for hydroxylation is 1. The standard InChI is InChI=1S/C13H17NO5S/c1-9-3-5-12(6-4-9)20(17,18)19-11-7-10(2)14(8-11)13(15)16/h3-6,10-11H,7-8H2,1-2H3,(H,15,16)/t10-,11+/m1/s1. The van der Waals surface area contributed by atoms with Crippen molar-refractivity contribution in [3.63, 3.8) is 0 Å². The van der Waals surface area contributed by atoms with Crippen LogP contribution in [0.15, 0.2) is 29.2 Å². The first kappa shape index (κ1) is 14.8. The van der Waals surface area contributed by atoms with Crippen molar-refractivity contribution in [2.75, 3.05) is 6.54 Å². The molecular formula is C13H17NO5S. The Morgan fingerprint density at radius 1 is 1.35 bits per heavy atom. The Balaban J connectivity index is 2.10. The number of carboxylic acid groups (broad SMARTS) is 1. The highest BCUT2D eigenvalue weighted by molar-refractivity contribution is 7.86. The lowest BCUT2D eigenvalue weighted by molar-refractivity contribution is 0.137. The molecule has 1 heterocycles. The van der Waals surface area contributed by atoms with E-state index in [4.69, 9.17) is 9.29 Å². The van der Waals surface area contributed by atoms with Gasteiger partial charge >= 0.3 is 6.09 Å². The van der Waals surface area contributed by atoms with E-state index in [-0.39, 0.29) is 17.5 Å². The number of carbonyl (C=O) groups is 1. The van der Waals surface area contributed by atoms with E-state index in [1.807, 2.05) is 6.92 Å². The predicted molar refractivity (Wildman–Crippen MR) is 72.0 cm³/mol. The van der Waals surface area contributed by atoms with Gasteiger partial charge in [0.1, 0.15) is 0 Å². The zero-order valence-corrected chi connectivity index (χ0v) is 12.1. The molecule has 0 saturated carbocycles. The van der Waals surface area contributed by atoms with Gasteiger partial charge in [-0.3, -0.25) is 4.18 Å². The van der Waals surface area contributed by atoms with Crippen LogP contribution in [0.25, 0.3) is 0 Å². The molecular weight excluding hydrogens is 282 g/mol. The van der Waals surface area contributed by atoms with Gasteiger partial charge in [0, 0.05) is 6.04 Å². The number of rotatable bonds is 3. The van der Waals surface area contributed by atoms with Crippen LogP contribution in [-0.4, -0.2) is 43.2 Å². The quantitative estimate of drug-likeness (QED) is 0.861. The molecule has 0 spiro atoms. The van der Waals surface area contributed by atoms with Crippen molar-refractivity contribution in [1.29, 1.82) is 0 Å². The lowest BCUT2D eigenvalue weighted by atomic mass is 10.2. The average molecular weight is 299 g/mol. The molecule has 0 aromatic heterocycles. The summed E-state index contributed by atoms with van der Waals surface area (Å²) >= 11 is 0. The number of benzene rings is 1. The number of hydrogen-bond donors (Lipinski definition) is 1. The van der Waals surface area contributed by atoms with Crippen LogP contribution < -0.4 is 0 Å². The predicted octanol–water partition coefficient (Wildman–Crippen LogP) is 1.84. The van der Waals surface area contributed by atoms with Crippen molar-refractivity contribution in [3.8, 4) is 0 Å². The normalized spacial score (nSPS) is 23.0. The molecule has 1 aromatic rings.